The summed E-state index contributed by atoms with van der Waals surface area (Å²) >= 11 is 5.15. The van der Waals surface area contributed by atoms with Crippen LogP contribution >= 0.6 is 27.3 Å². The summed E-state index contributed by atoms with van der Waals surface area (Å²) in [4.78, 5) is 3.48. The minimum Gasteiger partial charge on any atom is -0.388 e. The number of likely N-dealkylation sites (N-methyl/N-ethyl adjacent to an activating group) is 1. The Labute approximate surface area is 103 Å². The maximum atomic E-state index is 10.4. The lowest BCUT2D eigenvalue weighted by Gasteiger charge is -2.21. The van der Waals surface area contributed by atoms with Gasteiger partial charge in [-0.05, 0) is 42.4 Å². The number of aliphatic hydroxyl groups is 1. The van der Waals surface area contributed by atoms with E-state index < -0.39 is 5.60 Å². The van der Waals surface area contributed by atoms with Crippen LogP contribution in [0.3, 0.4) is 0 Å². The van der Waals surface area contributed by atoms with E-state index in [0.29, 0.717) is 6.04 Å². The minimum atomic E-state index is -0.529. The fraction of sp³-hybridized carbons (Fsp3) is 0.636. The molecule has 1 aromatic rings. The Balaban J connectivity index is 2.06. The Morgan fingerprint density at radius 1 is 1.73 bits per heavy atom. The molecule has 1 aliphatic heterocycles. The second kappa shape index (κ2) is 4.17. The van der Waals surface area contributed by atoms with Crippen molar-refractivity contribution in [2.75, 3.05) is 13.6 Å². The lowest BCUT2D eigenvalue weighted by atomic mass is 9.96. The van der Waals surface area contributed by atoms with Crippen LogP contribution < -0.4 is 0 Å². The first-order chi connectivity index (χ1) is 6.98. The van der Waals surface area contributed by atoms with Gasteiger partial charge in [0.05, 0.1) is 5.60 Å². The molecule has 1 saturated heterocycles. The maximum Gasteiger partial charge on any atom is 0.0836 e. The molecule has 0 bridgehead atoms. The lowest BCUT2D eigenvalue weighted by molar-refractivity contribution is 0.0528. The summed E-state index contributed by atoms with van der Waals surface area (Å²) in [6.07, 6.45) is 1.65. The number of hydrogen-bond acceptors (Lipinski definition) is 3. The van der Waals surface area contributed by atoms with E-state index in [-0.39, 0.29) is 0 Å². The van der Waals surface area contributed by atoms with E-state index >= 15 is 0 Å². The van der Waals surface area contributed by atoms with Gasteiger partial charge in [-0.15, -0.1) is 11.3 Å². The van der Waals surface area contributed by atoms with Crippen LogP contribution in [0.4, 0.5) is 0 Å². The average molecular weight is 290 g/mol. The first kappa shape index (κ1) is 11.6. The first-order valence-corrected chi connectivity index (χ1v) is 6.81. The highest BCUT2D eigenvalue weighted by molar-refractivity contribution is 9.10. The van der Waals surface area contributed by atoms with E-state index in [0.717, 1.165) is 23.9 Å². The van der Waals surface area contributed by atoms with Gasteiger partial charge in [0.15, 0.2) is 0 Å². The van der Waals surface area contributed by atoms with Crippen molar-refractivity contribution in [1.82, 2.24) is 4.90 Å². The zero-order chi connectivity index (χ0) is 11.1. The van der Waals surface area contributed by atoms with Gasteiger partial charge in [0.2, 0.25) is 0 Å². The summed E-state index contributed by atoms with van der Waals surface area (Å²) in [5.74, 6) is 0. The number of halogens is 1. The molecule has 1 fully saturated rings. The summed E-state index contributed by atoms with van der Waals surface area (Å²) in [5.41, 5.74) is -0.529. The van der Waals surface area contributed by atoms with Crippen molar-refractivity contribution in [1.29, 1.82) is 0 Å². The number of thiophene rings is 1. The predicted octanol–water partition coefficient (Wildman–Crippen LogP) is 2.51. The molecular weight excluding hydrogens is 274 g/mol. The van der Waals surface area contributed by atoms with Gasteiger partial charge in [0.25, 0.3) is 0 Å². The molecule has 2 nitrogen and oxygen atoms in total. The number of hydrogen-bond donors (Lipinski definition) is 1. The van der Waals surface area contributed by atoms with Gasteiger partial charge in [-0.2, -0.15) is 0 Å². The Hall–Kier alpha value is 0.1000. The number of likely N-dealkylation sites (tertiary alicyclic amines) is 1. The molecule has 0 aromatic carbocycles. The molecule has 0 amide bonds. The fourth-order valence-corrected chi connectivity index (χ4v) is 3.88. The third-order valence-corrected chi connectivity index (χ3v) is 4.79. The highest BCUT2D eigenvalue weighted by Crippen LogP contribution is 2.31. The molecule has 4 heteroatoms. The molecule has 2 rings (SSSR count). The lowest BCUT2D eigenvalue weighted by Crippen LogP contribution is -2.34. The van der Waals surface area contributed by atoms with Gasteiger partial charge in [-0.3, -0.25) is 0 Å². The molecular formula is C11H16BrNOS. The van der Waals surface area contributed by atoms with Crippen LogP contribution in [-0.4, -0.2) is 35.2 Å². The van der Waals surface area contributed by atoms with Crippen LogP contribution in [0.2, 0.25) is 0 Å². The van der Waals surface area contributed by atoms with Crippen molar-refractivity contribution in [3.05, 3.63) is 20.8 Å². The normalized spacial score (nSPS) is 32.4. The van der Waals surface area contributed by atoms with Gasteiger partial charge >= 0.3 is 0 Å². The SMILES string of the molecule is CC1CC(O)(Cc2cc(Br)cs2)CN1C. The first-order valence-electron chi connectivity index (χ1n) is 5.14. The largest absolute Gasteiger partial charge is 0.388 e. The van der Waals surface area contributed by atoms with E-state index in [1.165, 1.54) is 4.88 Å². The molecule has 2 atom stereocenters. The minimum absolute atomic E-state index is 0.485. The Kier molecular flexibility index (Phi) is 3.22. The van der Waals surface area contributed by atoms with E-state index in [1.54, 1.807) is 11.3 Å². The predicted molar refractivity (Wildman–Crippen MR) is 67.4 cm³/mol. The molecule has 2 unspecified atom stereocenters. The maximum absolute atomic E-state index is 10.4. The smallest absolute Gasteiger partial charge is 0.0836 e. The Morgan fingerprint density at radius 2 is 2.47 bits per heavy atom. The van der Waals surface area contributed by atoms with Crippen molar-refractivity contribution < 1.29 is 5.11 Å². The quantitative estimate of drug-likeness (QED) is 0.904. The van der Waals surface area contributed by atoms with E-state index in [4.69, 9.17) is 0 Å². The zero-order valence-electron chi connectivity index (χ0n) is 9.03. The van der Waals surface area contributed by atoms with Crippen LogP contribution in [0, 0.1) is 0 Å². The third-order valence-electron chi connectivity index (χ3n) is 3.10. The van der Waals surface area contributed by atoms with Crippen molar-refractivity contribution in [3.8, 4) is 0 Å². The molecule has 1 aliphatic rings. The second-order valence-corrected chi connectivity index (χ2v) is 6.51. The van der Waals surface area contributed by atoms with Gasteiger partial charge in [-0.25, -0.2) is 0 Å². The highest BCUT2D eigenvalue weighted by atomic mass is 79.9. The average Bonchev–Trinajstić information content (AvgIpc) is 2.59. The van der Waals surface area contributed by atoms with Gasteiger partial charge in [0.1, 0.15) is 0 Å². The number of nitrogens with zero attached hydrogens (tertiary/aromatic N) is 1. The van der Waals surface area contributed by atoms with Crippen LogP contribution in [0.25, 0.3) is 0 Å². The Morgan fingerprint density at radius 3 is 2.93 bits per heavy atom. The zero-order valence-corrected chi connectivity index (χ0v) is 11.4. The van der Waals surface area contributed by atoms with Gasteiger partial charge < -0.3 is 10.0 Å². The summed E-state index contributed by atoms with van der Waals surface area (Å²) in [5, 5.41) is 12.5. The summed E-state index contributed by atoms with van der Waals surface area (Å²) in [7, 11) is 2.08. The van der Waals surface area contributed by atoms with Crippen molar-refractivity contribution >= 4 is 27.3 Å². The summed E-state index contributed by atoms with van der Waals surface area (Å²) in [6, 6.07) is 2.59. The highest BCUT2D eigenvalue weighted by Gasteiger charge is 2.39. The second-order valence-electron chi connectivity index (χ2n) is 4.60. The van der Waals surface area contributed by atoms with Gasteiger partial charge in [-0.1, -0.05) is 0 Å². The molecule has 2 heterocycles. The van der Waals surface area contributed by atoms with E-state index in [9.17, 15) is 5.11 Å². The number of rotatable bonds is 2. The molecule has 0 saturated carbocycles. The fourth-order valence-electron chi connectivity index (χ4n) is 2.29. The summed E-state index contributed by atoms with van der Waals surface area (Å²) in [6.45, 7) is 2.95. The standard InChI is InChI=1S/C11H16BrNOS/c1-8-4-11(14,7-13(8)2)5-10-3-9(12)6-15-10/h3,6,8,14H,4-5,7H2,1-2H3. The third kappa shape index (κ3) is 2.61. The molecule has 0 aliphatic carbocycles. The van der Waals surface area contributed by atoms with Gasteiger partial charge in [0, 0.05) is 33.7 Å². The molecule has 0 radical (unpaired) electrons. The van der Waals surface area contributed by atoms with Crippen LogP contribution in [0.5, 0.6) is 0 Å². The molecule has 84 valence electrons. The Bertz CT molecular complexity index is 342. The van der Waals surface area contributed by atoms with Crippen molar-refractivity contribution in [2.45, 2.75) is 31.4 Å². The topological polar surface area (TPSA) is 23.5 Å². The molecule has 0 spiro atoms. The van der Waals surface area contributed by atoms with Crippen LogP contribution in [0.15, 0.2) is 15.9 Å². The number of β-amino-alcohol motifs (C(OH)–C–C–N with tert-alkyl or cyclic N) is 1. The van der Waals surface area contributed by atoms with Crippen molar-refractivity contribution in [2.24, 2.45) is 0 Å². The molecule has 1 N–H and O–H groups in total. The van der Waals surface area contributed by atoms with E-state index in [1.807, 2.05) is 0 Å². The van der Waals surface area contributed by atoms with E-state index in [2.05, 4.69) is 46.2 Å². The molecule has 1 aromatic heterocycles. The molecule has 15 heavy (non-hydrogen) atoms. The van der Waals surface area contributed by atoms with Crippen LogP contribution in [0.1, 0.15) is 18.2 Å². The monoisotopic (exact) mass is 289 g/mol. The van der Waals surface area contributed by atoms with Crippen molar-refractivity contribution in [3.63, 3.8) is 0 Å². The van der Waals surface area contributed by atoms with Crippen LogP contribution in [-0.2, 0) is 6.42 Å². The summed E-state index contributed by atoms with van der Waals surface area (Å²) < 4.78 is 1.12.